The number of para-hydroxylation sites is 4. The Labute approximate surface area is 272 Å². The summed E-state index contributed by atoms with van der Waals surface area (Å²) in [6.07, 6.45) is 0. The zero-order chi connectivity index (χ0) is 31.1. The van der Waals surface area contributed by atoms with Crippen molar-refractivity contribution in [2.24, 2.45) is 0 Å². The first-order chi connectivity index (χ1) is 22.3. The maximum atomic E-state index is 2.61. The standard InChI is InChI=1S/C43H35BN2/c1-26-14-6-7-15-28(26)27-24-37-39-38(25-27)46-36-23-11-9-17-30(36)43(4,5)32-19-13-21-34(41(32)46)44(39)33-20-12-18-31-40(33)45(37)35-22-10-8-16-29(35)42(31,2)3/h6-25H,1-5H3. The number of anilines is 6. The number of fused-ring (bicyclic) bond motifs is 8. The van der Waals surface area contributed by atoms with Crippen molar-refractivity contribution in [2.45, 2.75) is 45.4 Å². The summed E-state index contributed by atoms with van der Waals surface area (Å²) in [5.74, 6) is 0. The molecule has 0 aliphatic carbocycles. The highest BCUT2D eigenvalue weighted by Crippen LogP contribution is 2.57. The average molecular weight is 591 g/mol. The van der Waals surface area contributed by atoms with Crippen molar-refractivity contribution >= 4 is 57.2 Å². The van der Waals surface area contributed by atoms with Gasteiger partial charge >= 0.3 is 0 Å². The Morgan fingerprint density at radius 2 is 0.935 bits per heavy atom. The van der Waals surface area contributed by atoms with Crippen LogP contribution in [0.25, 0.3) is 11.1 Å². The normalized spacial score (nSPS) is 16.6. The topological polar surface area (TPSA) is 6.48 Å². The lowest BCUT2D eigenvalue weighted by Gasteiger charge is -2.52. The van der Waals surface area contributed by atoms with Crippen LogP contribution >= 0.6 is 0 Å². The fourth-order valence-corrected chi connectivity index (χ4v) is 9.34. The summed E-state index contributed by atoms with van der Waals surface area (Å²) in [4.78, 5) is 5.22. The van der Waals surface area contributed by atoms with E-state index in [-0.39, 0.29) is 17.5 Å². The third kappa shape index (κ3) is 3.04. The lowest BCUT2D eigenvalue weighted by molar-refractivity contribution is 0.632. The fraction of sp³-hybridized carbons (Fsp3) is 0.163. The Hall–Kier alpha value is -5.02. The van der Waals surface area contributed by atoms with E-state index < -0.39 is 0 Å². The smallest absolute Gasteiger partial charge is 0.252 e. The van der Waals surface area contributed by atoms with Crippen LogP contribution in [-0.2, 0) is 10.8 Å². The summed E-state index contributed by atoms with van der Waals surface area (Å²) in [5.41, 5.74) is 21.2. The van der Waals surface area contributed by atoms with Crippen LogP contribution in [0.1, 0.15) is 55.5 Å². The molecule has 2 nitrogen and oxygen atoms in total. The van der Waals surface area contributed by atoms with Gasteiger partial charge < -0.3 is 9.80 Å². The molecule has 4 aliphatic rings. The van der Waals surface area contributed by atoms with E-state index in [9.17, 15) is 0 Å². The first-order valence-corrected chi connectivity index (χ1v) is 16.6. The van der Waals surface area contributed by atoms with Gasteiger partial charge in [0.25, 0.3) is 6.71 Å². The van der Waals surface area contributed by atoms with Gasteiger partial charge in [-0.25, -0.2) is 0 Å². The van der Waals surface area contributed by atoms with E-state index >= 15 is 0 Å². The monoisotopic (exact) mass is 590 g/mol. The van der Waals surface area contributed by atoms with Gasteiger partial charge in [-0.15, -0.1) is 0 Å². The number of rotatable bonds is 1. The molecule has 4 aliphatic heterocycles. The predicted molar refractivity (Wildman–Crippen MR) is 195 cm³/mol. The van der Waals surface area contributed by atoms with Crippen molar-refractivity contribution < 1.29 is 0 Å². The minimum atomic E-state index is -0.121. The van der Waals surface area contributed by atoms with Crippen molar-refractivity contribution in [1.82, 2.24) is 0 Å². The molecule has 46 heavy (non-hydrogen) atoms. The second-order valence-corrected chi connectivity index (χ2v) is 14.6. The van der Waals surface area contributed by atoms with Gasteiger partial charge in [-0.2, -0.15) is 0 Å². The van der Waals surface area contributed by atoms with Crippen LogP contribution in [0.15, 0.2) is 121 Å². The molecule has 6 aromatic rings. The molecule has 0 saturated heterocycles. The molecule has 0 saturated carbocycles. The zero-order valence-electron chi connectivity index (χ0n) is 27.0. The maximum Gasteiger partial charge on any atom is 0.252 e. The zero-order valence-corrected chi connectivity index (χ0v) is 27.0. The van der Waals surface area contributed by atoms with Gasteiger partial charge in [-0.05, 0) is 86.5 Å². The lowest BCUT2D eigenvalue weighted by Crippen LogP contribution is -2.63. The highest BCUT2D eigenvalue weighted by Gasteiger charge is 2.50. The minimum Gasteiger partial charge on any atom is -0.311 e. The second-order valence-electron chi connectivity index (χ2n) is 14.6. The van der Waals surface area contributed by atoms with Gasteiger partial charge in [-0.1, -0.05) is 125 Å². The Balaban J connectivity index is 1.40. The summed E-state index contributed by atoms with van der Waals surface area (Å²) in [6.45, 7) is 12.0. The molecule has 0 spiro atoms. The van der Waals surface area contributed by atoms with E-state index in [0.717, 1.165) is 0 Å². The van der Waals surface area contributed by atoms with Crippen LogP contribution in [0.3, 0.4) is 0 Å². The largest absolute Gasteiger partial charge is 0.311 e. The van der Waals surface area contributed by atoms with E-state index in [0.29, 0.717) is 0 Å². The molecular weight excluding hydrogens is 555 g/mol. The summed E-state index contributed by atoms with van der Waals surface area (Å²) < 4.78 is 0. The molecule has 0 bridgehead atoms. The maximum absolute atomic E-state index is 2.61. The third-order valence-corrected chi connectivity index (χ3v) is 11.5. The Kier molecular flexibility index (Phi) is 4.91. The minimum absolute atomic E-state index is 0.121. The number of nitrogens with zero attached hydrogens (tertiary/aromatic N) is 2. The fourth-order valence-electron chi connectivity index (χ4n) is 9.34. The van der Waals surface area contributed by atoms with Crippen molar-refractivity contribution in [2.75, 3.05) is 9.80 Å². The summed E-state index contributed by atoms with van der Waals surface area (Å²) in [5, 5.41) is 0. The van der Waals surface area contributed by atoms with Gasteiger partial charge in [0.2, 0.25) is 0 Å². The first-order valence-electron chi connectivity index (χ1n) is 16.6. The number of benzene rings is 6. The molecule has 0 radical (unpaired) electrons. The van der Waals surface area contributed by atoms with E-state index in [2.05, 4.69) is 166 Å². The molecule has 10 rings (SSSR count). The van der Waals surface area contributed by atoms with Crippen LogP contribution < -0.4 is 26.2 Å². The van der Waals surface area contributed by atoms with Crippen molar-refractivity contribution in [3.05, 3.63) is 149 Å². The molecule has 0 unspecified atom stereocenters. The van der Waals surface area contributed by atoms with Gasteiger partial charge in [-0.3, -0.25) is 0 Å². The van der Waals surface area contributed by atoms with E-state index in [1.165, 1.54) is 89.5 Å². The van der Waals surface area contributed by atoms with Gasteiger partial charge in [0.1, 0.15) is 0 Å². The summed E-state index contributed by atoms with van der Waals surface area (Å²) in [7, 11) is 0. The molecule has 220 valence electrons. The Morgan fingerprint density at radius 3 is 1.46 bits per heavy atom. The summed E-state index contributed by atoms with van der Waals surface area (Å²) >= 11 is 0. The quantitative estimate of drug-likeness (QED) is 0.176. The molecule has 6 aromatic carbocycles. The molecule has 0 amide bonds. The molecule has 0 fully saturated rings. The summed E-state index contributed by atoms with van der Waals surface area (Å²) in [6, 6.07) is 46.1. The molecular formula is C43H35BN2. The van der Waals surface area contributed by atoms with Crippen molar-refractivity contribution in [3.8, 4) is 11.1 Å². The highest BCUT2D eigenvalue weighted by molar-refractivity contribution is 7.00. The Morgan fingerprint density at radius 1 is 0.478 bits per heavy atom. The predicted octanol–water partition coefficient (Wildman–Crippen LogP) is 9.02. The van der Waals surface area contributed by atoms with Crippen molar-refractivity contribution in [3.63, 3.8) is 0 Å². The van der Waals surface area contributed by atoms with Crippen LogP contribution in [0.5, 0.6) is 0 Å². The van der Waals surface area contributed by atoms with Crippen LogP contribution in [0, 0.1) is 6.92 Å². The number of hydrogen-bond acceptors (Lipinski definition) is 2. The highest BCUT2D eigenvalue weighted by atomic mass is 15.2. The SMILES string of the molecule is Cc1ccccc1-c1cc2c3c(c1)N1c4ccccc4C(C)(C)c4cccc(c41)B3c1cccc3c1N2c1ccccc1C3(C)C. The Bertz CT molecular complexity index is 2180. The molecule has 4 heterocycles. The lowest BCUT2D eigenvalue weighted by atomic mass is 9.32. The van der Waals surface area contributed by atoms with Gasteiger partial charge in [0.15, 0.2) is 0 Å². The van der Waals surface area contributed by atoms with Crippen molar-refractivity contribution in [1.29, 1.82) is 0 Å². The second kappa shape index (κ2) is 8.62. The average Bonchev–Trinajstić information content (AvgIpc) is 3.07. The van der Waals surface area contributed by atoms with E-state index in [1.54, 1.807) is 0 Å². The number of hydrogen-bond donors (Lipinski definition) is 0. The van der Waals surface area contributed by atoms with Crippen LogP contribution in [0.2, 0.25) is 0 Å². The van der Waals surface area contributed by atoms with Gasteiger partial charge in [0.05, 0.1) is 11.4 Å². The molecule has 0 aromatic heterocycles. The molecule has 0 atom stereocenters. The van der Waals surface area contributed by atoms with E-state index in [1.807, 2.05) is 0 Å². The van der Waals surface area contributed by atoms with Gasteiger partial charge in [0, 0.05) is 33.6 Å². The van der Waals surface area contributed by atoms with Crippen LogP contribution in [0.4, 0.5) is 34.1 Å². The molecule has 0 N–H and O–H groups in total. The molecule has 3 heteroatoms. The van der Waals surface area contributed by atoms with E-state index in [4.69, 9.17) is 0 Å². The van der Waals surface area contributed by atoms with Crippen LogP contribution in [-0.4, -0.2) is 6.71 Å². The first kappa shape index (κ1) is 26.2. The number of aryl methyl sites for hydroxylation is 1. The third-order valence-electron chi connectivity index (χ3n) is 11.5.